The van der Waals surface area contributed by atoms with Crippen LogP contribution in [0.25, 0.3) is 0 Å². The van der Waals surface area contributed by atoms with E-state index in [2.05, 4.69) is 40.2 Å². The number of ether oxygens (including phenoxy) is 1. The molecule has 0 radical (unpaired) electrons. The highest BCUT2D eigenvalue weighted by atomic mass is 16.5. The van der Waals surface area contributed by atoms with E-state index in [1.165, 1.54) is 31.2 Å². The number of fused-ring (bicyclic) bond motifs is 1. The quantitative estimate of drug-likeness (QED) is 0.817. The normalized spacial score (nSPS) is 30.0. The molecule has 2 aliphatic carbocycles. The van der Waals surface area contributed by atoms with Gasteiger partial charge in [0.05, 0.1) is 11.8 Å². The maximum Gasteiger partial charge on any atom is 0.119 e. The summed E-state index contributed by atoms with van der Waals surface area (Å²) in [6, 6.07) is 12.7. The fourth-order valence-corrected chi connectivity index (χ4v) is 5.69. The second-order valence-electron chi connectivity index (χ2n) is 9.41. The molecule has 29 heavy (non-hydrogen) atoms. The summed E-state index contributed by atoms with van der Waals surface area (Å²) in [4.78, 5) is 7.07. The number of aryl methyl sites for hydroxylation is 1. The molecule has 2 heterocycles. The van der Waals surface area contributed by atoms with Crippen molar-refractivity contribution in [1.29, 1.82) is 0 Å². The van der Waals surface area contributed by atoms with E-state index in [0.29, 0.717) is 12.0 Å². The first-order valence-corrected chi connectivity index (χ1v) is 11.2. The predicted molar refractivity (Wildman–Crippen MR) is 114 cm³/mol. The molecular formula is C25H32N2O2. The fourth-order valence-electron chi connectivity index (χ4n) is 5.69. The van der Waals surface area contributed by atoms with Gasteiger partial charge in [0, 0.05) is 31.7 Å². The van der Waals surface area contributed by atoms with E-state index >= 15 is 0 Å². The summed E-state index contributed by atoms with van der Waals surface area (Å²) in [5.74, 6) is 1.84. The summed E-state index contributed by atoms with van der Waals surface area (Å²) in [5.41, 5.74) is 2.54. The third-order valence-corrected chi connectivity index (χ3v) is 7.32. The first kappa shape index (κ1) is 19.1. The first-order valence-electron chi connectivity index (χ1n) is 11.2. The summed E-state index contributed by atoms with van der Waals surface area (Å²) < 4.78 is 6.09. The van der Waals surface area contributed by atoms with E-state index in [9.17, 15) is 5.11 Å². The number of hydrogen-bond donors (Lipinski definition) is 1. The summed E-state index contributed by atoms with van der Waals surface area (Å²) >= 11 is 0. The fraction of sp³-hybridized carbons (Fsp3) is 0.560. The smallest absolute Gasteiger partial charge is 0.119 e. The number of likely N-dealkylation sites (tertiary alicyclic amines) is 1. The van der Waals surface area contributed by atoms with E-state index in [4.69, 9.17) is 4.74 Å². The van der Waals surface area contributed by atoms with Crippen molar-refractivity contribution in [3.05, 3.63) is 59.4 Å². The third-order valence-electron chi connectivity index (χ3n) is 7.32. The van der Waals surface area contributed by atoms with E-state index in [1.807, 2.05) is 19.2 Å². The van der Waals surface area contributed by atoms with Gasteiger partial charge in [-0.25, -0.2) is 0 Å². The predicted octanol–water partition coefficient (Wildman–Crippen LogP) is 4.44. The van der Waals surface area contributed by atoms with Crippen molar-refractivity contribution in [2.24, 2.45) is 11.8 Å². The maximum atomic E-state index is 11.5. The lowest BCUT2D eigenvalue weighted by Crippen LogP contribution is -2.35. The van der Waals surface area contributed by atoms with Crippen molar-refractivity contribution in [1.82, 2.24) is 9.88 Å². The van der Waals surface area contributed by atoms with Crippen molar-refractivity contribution >= 4 is 0 Å². The van der Waals surface area contributed by atoms with Crippen LogP contribution in [0, 0.1) is 18.8 Å². The lowest BCUT2D eigenvalue weighted by Gasteiger charge is -2.30. The lowest BCUT2D eigenvalue weighted by molar-refractivity contribution is -0.0108. The Morgan fingerprint density at radius 3 is 2.59 bits per heavy atom. The van der Waals surface area contributed by atoms with E-state index in [-0.39, 0.29) is 5.92 Å². The summed E-state index contributed by atoms with van der Waals surface area (Å²) in [7, 11) is 0. The van der Waals surface area contributed by atoms with Gasteiger partial charge in [-0.05, 0) is 80.7 Å². The highest BCUT2D eigenvalue weighted by molar-refractivity contribution is 5.28. The van der Waals surface area contributed by atoms with Gasteiger partial charge in [-0.2, -0.15) is 0 Å². The van der Waals surface area contributed by atoms with Crippen molar-refractivity contribution < 1.29 is 9.84 Å². The van der Waals surface area contributed by atoms with Crippen LogP contribution in [-0.4, -0.2) is 34.2 Å². The van der Waals surface area contributed by atoms with Gasteiger partial charge in [0.1, 0.15) is 11.4 Å². The molecule has 3 aliphatic rings. The molecule has 3 fully saturated rings. The standard InChI is InChI=1S/C25H32N2O2/c1-18-6-11-24(26-14-18)25(28)13-12-20-16-27(17-23(20)25)15-19-7-9-22(10-8-19)29-21-4-2-3-5-21/h6-11,14,20-21,23,28H,2-5,12-13,15-17H2,1H3/t20-,23+,25-/m0/s1. The molecular weight excluding hydrogens is 360 g/mol. The van der Waals surface area contributed by atoms with Crippen LogP contribution in [0.3, 0.4) is 0 Å². The Morgan fingerprint density at radius 1 is 1.07 bits per heavy atom. The molecule has 1 saturated heterocycles. The van der Waals surface area contributed by atoms with Crippen LogP contribution in [0.1, 0.15) is 55.3 Å². The Balaban J connectivity index is 1.22. The largest absolute Gasteiger partial charge is 0.490 e. The number of rotatable bonds is 5. The minimum absolute atomic E-state index is 0.280. The average molecular weight is 393 g/mol. The lowest BCUT2D eigenvalue weighted by atomic mass is 9.85. The topological polar surface area (TPSA) is 45.6 Å². The molecule has 3 atom stereocenters. The molecule has 1 aromatic heterocycles. The van der Waals surface area contributed by atoms with E-state index in [0.717, 1.165) is 49.5 Å². The number of benzene rings is 1. The molecule has 2 aromatic rings. The van der Waals surface area contributed by atoms with Crippen LogP contribution in [0.5, 0.6) is 5.75 Å². The second kappa shape index (κ2) is 7.73. The maximum absolute atomic E-state index is 11.5. The number of hydrogen-bond acceptors (Lipinski definition) is 4. The van der Waals surface area contributed by atoms with Crippen molar-refractivity contribution in [2.75, 3.05) is 13.1 Å². The Bertz CT molecular complexity index is 829. The summed E-state index contributed by atoms with van der Waals surface area (Å²) in [6.07, 6.45) is 9.18. The number of aliphatic hydroxyl groups is 1. The van der Waals surface area contributed by atoms with Crippen LogP contribution < -0.4 is 4.74 Å². The molecule has 0 unspecified atom stereocenters. The minimum atomic E-state index is -0.772. The van der Waals surface area contributed by atoms with E-state index in [1.54, 1.807) is 0 Å². The zero-order valence-corrected chi connectivity index (χ0v) is 17.4. The molecule has 2 saturated carbocycles. The van der Waals surface area contributed by atoms with Crippen LogP contribution in [0.2, 0.25) is 0 Å². The Kier molecular flexibility index (Phi) is 5.09. The molecule has 1 aromatic carbocycles. The molecule has 154 valence electrons. The van der Waals surface area contributed by atoms with Crippen LogP contribution >= 0.6 is 0 Å². The molecule has 1 N–H and O–H groups in total. The van der Waals surface area contributed by atoms with Gasteiger partial charge < -0.3 is 9.84 Å². The van der Waals surface area contributed by atoms with Crippen LogP contribution in [0.4, 0.5) is 0 Å². The molecule has 0 spiro atoms. The monoisotopic (exact) mass is 392 g/mol. The van der Waals surface area contributed by atoms with Gasteiger partial charge in [0.25, 0.3) is 0 Å². The minimum Gasteiger partial charge on any atom is -0.490 e. The Labute approximate surface area is 173 Å². The first-order chi connectivity index (χ1) is 14.1. The average Bonchev–Trinajstić information content (AvgIpc) is 3.44. The zero-order valence-electron chi connectivity index (χ0n) is 17.4. The van der Waals surface area contributed by atoms with Crippen molar-refractivity contribution in [2.45, 2.75) is 63.7 Å². The van der Waals surface area contributed by atoms with Gasteiger partial charge in [0.15, 0.2) is 0 Å². The van der Waals surface area contributed by atoms with Gasteiger partial charge in [-0.15, -0.1) is 0 Å². The highest BCUT2D eigenvalue weighted by Crippen LogP contribution is 2.50. The summed E-state index contributed by atoms with van der Waals surface area (Å²) in [6.45, 7) is 4.99. The zero-order chi connectivity index (χ0) is 19.8. The van der Waals surface area contributed by atoms with Gasteiger partial charge >= 0.3 is 0 Å². The number of aromatic nitrogens is 1. The highest BCUT2D eigenvalue weighted by Gasteiger charge is 2.52. The van der Waals surface area contributed by atoms with Crippen LogP contribution in [-0.2, 0) is 12.1 Å². The molecule has 5 rings (SSSR count). The molecule has 1 aliphatic heterocycles. The molecule has 0 bridgehead atoms. The Hall–Kier alpha value is -1.91. The van der Waals surface area contributed by atoms with Gasteiger partial charge in [-0.1, -0.05) is 18.2 Å². The second-order valence-corrected chi connectivity index (χ2v) is 9.41. The van der Waals surface area contributed by atoms with E-state index < -0.39 is 5.60 Å². The third kappa shape index (κ3) is 3.80. The van der Waals surface area contributed by atoms with Gasteiger partial charge in [-0.3, -0.25) is 9.88 Å². The number of nitrogens with zero attached hydrogens (tertiary/aromatic N) is 2. The molecule has 4 nitrogen and oxygen atoms in total. The van der Waals surface area contributed by atoms with Gasteiger partial charge in [0.2, 0.25) is 0 Å². The van der Waals surface area contributed by atoms with Crippen molar-refractivity contribution in [3.63, 3.8) is 0 Å². The summed E-state index contributed by atoms with van der Waals surface area (Å²) in [5, 5.41) is 11.5. The molecule has 0 amide bonds. The Morgan fingerprint density at radius 2 is 1.86 bits per heavy atom. The number of pyridine rings is 1. The molecule has 4 heteroatoms. The van der Waals surface area contributed by atoms with Crippen LogP contribution in [0.15, 0.2) is 42.6 Å². The SMILES string of the molecule is Cc1ccc([C@]2(O)CC[C@H]3CN(Cc4ccc(OC5CCCC5)cc4)C[C@H]32)nc1. The van der Waals surface area contributed by atoms with Crippen molar-refractivity contribution in [3.8, 4) is 5.75 Å².